The van der Waals surface area contributed by atoms with Crippen molar-refractivity contribution < 1.29 is 4.79 Å². The van der Waals surface area contributed by atoms with Crippen LogP contribution in [0.4, 0.5) is 0 Å². The molecule has 1 aliphatic heterocycles. The molecule has 0 spiro atoms. The number of amides is 1. The van der Waals surface area contributed by atoms with Crippen molar-refractivity contribution in [1.82, 2.24) is 16.0 Å². The molecule has 0 radical (unpaired) electrons. The molecule has 1 atom stereocenters. The number of hydrogen-bond acceptors (Lipinski definition) is 6. The molecule has 1 amide bonds. The molecule has 0 aromatic rings. The maximum Gasteiger partial charge on any atom is 0.279 e. The number of nitrogens with one attached hydrogen (secondary N) is 3. The van der Waals surface area contributed by atoms with Gasteiger partial charge in [-0.2, -0.15) is 5.26 Å². The molecule has 1 rings (SSSR count). The Balaban J connectivity index is 2.84. The van der Waals surface area contributed by atoms with E-state index in [2.05, 4.69) is 15.6 Å². The molecular weight excluding hydrogens is 244 g/mol. The van der Waals surface area contributed by atoms with E-state index in [-0.39, 0.29) is 11.2 Å². The molecule has 0 saturated carbocycles. The molecule has 1 unspecified atom stereocenters. The smallest absolute Gasteiger partial charge is 0.279 e. The Labute approximate surface area is 104 Å². The lowest BCUT2D eigenvalue weighted by molar-refractivity contribution is -0.123. The highest BCUT2D eigenvalue weighted by Gasteiger charge is 2.36. The molecule has 0 aliphatic carbocycles. The number of aliphatic imine (C=N–C) groups is 1. The van der Waals surface area contributed by atoms with E-state index in [4.69, 9.17) is 22.6 Å². The van der Waals surface area contributed by atoms with Crippen LogP contribution in [0.15, 0.2) is 16.0 Å². The summed E-state index contributed by atoms with van der Waals surface area (Å²) in [5.41, 5.74) is 4.09. The normalized spacial score (nSPS) is 23.1. The van der Waals surface area contributed by atoms with Crippen molar-refractivity contribution in [3.8, 4) is 6.19 Å². The van der Waals surface area contributed by atoms with Gasteiger partial charge in [0.25, 0.3) is 5.91 Å². The number of carbonyl (C=O) groups excluding carboxylic acids is 1. The van der Waals surface area contributed by atoms with Crippen LogP contribution in [0.3, 0.4) is 0 Å². The van der Waals surface area contributed by atoms with Crippen molar-refractivity contribution in [3.05, 3.63) is 11.0 Å². The first kappa shape index (κ1) is 13.3. The topological polar surface area (TPSA) is 115 Å². The summed E-state index contributed by atoms with van der Waals surface area (Å²) in [7, 11) is 0. The van der Waals surface area contributed by atoms with Gasteiger partial charge in [0.05, 0.1) is 6.21 Å². The molecule has 8 heteroatoms. The van der Waals surface area contributed by atoms with Crippen LogP contribution in [0.1, 0.15) is 13.8 Å². The van der Waals surface area contributed by atoms with Crippen LogP contribution in [-0.4, -0.2) is 23.8 Å². The lowest BCUT2D eigenvalue weighted by atomic mass is 10.1. The van der Waals surface area contributed by atoms with Crippen LogP contribution in [0.5, 0.6) is 0 Å². The predicted octanol–water partition coefficient (Wildman–Crippen LogP) is -0.724. The lowest BCUT2D eigenvalue weighted by Gasteiger charge is -2.29. The van der Waals surface area contributed by atoms with Gasteiger partial charge in [-0.25, -0.2) is 4.99 Å². The van der Waals surface area contributed by atoms with Gasteiger partial charge in [-0.05, 0) is 13.8 Å². The molecule has 0 aromatic heterocycles. The van der Waals surface area contributed by atoms with Crippen LogP contribution in [0, 0.1) is 11.5 Å². The average molecular weight is 257 g/mol. The number of carbonyl (C=O) groups is 1. The van der Waals surface area contributed by atoms with Crippen LogP contribution < -0.4 is 21.7 Å². The zero-order valence-electron chi connectivity index (χ0n) is 9.41. The van der Waals surface area contributed by atoms with Gasteiger partial charge in [0.15, 0.2) is 12.0 Å². The third kappa shape index (κ3) is 3.09. The van der Waals surface area contributed by atoms with Crippen molar-refractivity contribution in [2.45, 2.75) is 25.6 Å². The molecule has 1 heterocycles. The SMILES string of the molecule is CC(C)NC1=C(Cl)NC(N)(C(=O)NC#N)C=N1. The Morgan fingerprint density at radius 2 is 2.41 bits per heavy atom. The third-order valence-corrected chi connectivity index (χ3v) is 2.17. The van der Waals surface area contributed by atoms with E-state index in [1.54, 1.807) is 0 Å². The predicted molar refractivity (Wildman–Crippen MR) is 63.5 cm³/mol. The first-order chi connectivity index (χ1) is 7.89. The van der Waals surface area contributed by atoms with Crippen molar-refractivity contribution >= 4 is 23.7 Å². The average Bonchev–Trinajstić information content (AvgIpc) is 2.22. The van der Waals surface area contributed by atoms with E-state index in [1.165, 1.54) is 12.4 Å². The lowest BCUT2D eigenvalue weighted by Crippen LogP contribution is -2.65. The Kier molecular flexibility index (Phi) is 3.93. The number of halogens is 1. The fraction of sp³-hybridized carbons (Fsp3) is 0.444. The minimum Gasteiger partial charge on any atom is -0.365 e. The van der Waals surface area contributed by atoms with E-state index >= 15 is 0 Å². The van der Waals surface area contributed by atoms with Crippen LogP contribution in [-0.2, 0) is 4.79 Å². The van der Waals surface area contributed by atoms with E-state index in [0.717, 1.165) is 0 Å². The molecule has 92 valence electrons. The Bertz CT molecular complexity index is 424. The van der Waals surface area contributed by atoms with Crippen molar-refractivity contribution in [1.29, 1.82) is 5.26 Å². The van der Waals surface area contributed by atoms with Gasteiger partial charge in [-0.15, -0.1) is 0 Å². The zero-order chi connectivity index (χ0) is 13.1. The first-order valence-corrected chi connectivity index (χ1v) is 5.25. The number of nitrogens with zero attached hydrogens (tertiary/aromatic N) is 2. The molecular formula is C9H13ClN6O. The fourth-order valence-electron chi connectivity index (χ4n) is 1.14. The largest absolute Gasteiger partial charge is 0.365 e. The second-order valence-electron chi connectivity index (χ2n) is 3.78. The van der Waals surface area contributed by atoms with E-state index < -0.39 is 11.6 Å². The molecule has 17 heavy (non-hydrogen) atoms. The van der Waals surface area contributed by atoms with E-state index in [9.17, 15) is 4.79 Å². The summed E-state index contributed by atoms with van der Waals surface area (Å²) < 4.78 is 0. The molecule has 0 fully saturated rings. The highest BCUT2D eigenvalue weighted by atomic mass is 35.5. The third-order valence-electron chi connectivity index (χ3n) is 1.89. The van der Waals surface area contributed by atoms with Gasteiger partial charge in [0.2, 0.25) is 5.66 Å². The Morgan fingerprint density at radius 3 is 2.88 bits per heavy atom. The standard InChI is InChI=1S/C9H13ClN6O/c1-5(2)15-7-6(10)16-9(12,3-13-7)8(17)14-4-11/h3,5,15-16H,12H2,1-2H3,(H,14,17). The van der Waals surface area contributed by atoms with Gasteiger partial charge >= 0.3 is 0 Å². The van der Waals surface area contributed by atoms with Gasteiger partial charge in [-0.3, -0.25) is 15.8 Å². The van der Waals surface area contributed by atoms with Gasteiger partial charge < -0.3 is 10.6 Å². The summed E-state index contributed by atoms with van der Waals surface area (Å²) >= 11 is 5.90. The highest BCUT2D eigenvalue weighted by Crippen LogP contribution is 2.14. The van der Waals surface area contributed by atoms with E-state index in [1.807, 2.05) is 19.2 Å². The van der Waals surface area contributed by atoms with Crippen LogP contribution in [0.25, 0.3) is 0 Å². The summed E-state index contributed by atoms with van der Waals surface area (Å²) in [5, 5.41) is 15.9. The Morgan fingerprint density at radius 1 is 1.76 bits per heavy atom. The summed E-state index contributed by atoms with van der Waals surface area (Å²) in [6.45, 7) is 3.83. The van der Waals surface area contributed by atoms with Crippen LogP contribution in [0.2, 0.25) is 0 Å². The summed E-state index contributed by atoms with van der Waals surface area (Å²) in [6, 6.07) is 0.135. The zero-order valence-corrected chi connectivity index (χ0v) is 10.2. The van der Waals surface area contributed by atoms with Gasteiger partial charge in [0.1, 0.15) is 5.16 Å². The molecule has 1 aliphatic rings. The molecule has 0 saturated heterocycles. The van der Waals surface area contributed by atoms with E-state index in [0.29, 0.717) is 5.82 Å². The number of nitriles is 1. The van der Waals surface area contributed by atoms with Crippen molar-refractivity contribution in [2.75, 3.05) is 0 Å². The summed E-state index contributed by atoms with van der Waals surface area (Å²) in [4.78, 5) is 15.4. The minimum absolute atomic E-state index is 0.122. The summed E-state index contributed by atoms with van der Waals surface area (Å²) in [5.74, 6) is -0.335. The highest BCUT2D eigenvalue weighted by molar-refractivity contribution is 6.30. The molecule has 5 N–H and O–H groups in total. The number of nitrogens with two attached hydrogens (primary N) is 1. The Hall–Kier alpha value is -1.78. The van der Waals surface area contributed by atoms with Crippen molar-refractivity contribution in [3.63, 3.8) is 0 Å². The molecule has 0 aromatic carbocycles. The maximum absolute atomic E-state index is 11.5. The quantitative estimate of drug-likeness (QED) is 0.302. The molecule has 0 bridgehead atoms. The number of hydrogen-bond donors (Lipinski definition) is 4. The van der Waals surface area contributed by atoms with Gasteiger partial charge in [0, 0.05) is 6.04 Å². The van der Waals surface area contributed by atoms with Crippen LogP contribution >= 0.6 is 11.6 Å². The van der Waals surface area contributed by atoms with Gasteiger partial charge in [-0.1, -0.05) is 11.6 Å². The first-order valence-electron chi connectivity index (χ1n) is 4.87. The fourth-order valence-corrected chi connectivity index (χ4v) is 1.40. The second kappa shape index (κ2) is 5.03. The number of rotatable bonds is 3. The molecule has 7 nitrogen and oxygen atoms in total. The maximum atomic E-state index is 11.5. The minimum atomic E-state index is -1.62. The van der Waals surface area contributed by atoms with Crippen molar-refractivity contribution in [2.24, 2.45) is 10.7 Å². The monoisotopic (exact) mass is 256 g/mol. The summed E-state index contributed by atoms with van der Waals surface area (Å²) in [6.07, 6.45) is 2.68. The second-order valence-corrected chi connectivity index (χ2v) is 4.16.